The van der Waals surface area contributed by atoms with Crippen LogP contribution in [0, 0.1) is 11.3 Å². The van der Waals surface area contributed by atoms with Gasteiger partial charge >= 0.3 is 0 Å². The van der Waals surface area contributed by atoms with Crippen LogP contribution in [-0.4, -0.2) is 29.1 Å². The molecule has 1 heterocycles. The van der Waals surface area contributed by atoms with Crippen LogP contribution in [0.25, 0.3) is 22.7 Å². The van der Waals surface area contributed by atoms with E-state index in [4.69, 9.17) is 15.2 Å². The van der Waals surface area contributed by atoms with E-state index in [0.717, 1.165) is 16.6 Å². The standard InChI is InChI=1S/C20H18N4O3/c1-2-26-18-10-13(7-8-17(18)27-12-19(22)25)9-14(11-21)20-23-15-5-3-4-6-16(15)24-20/h3-10H,2,12H2,1H3,(H2,22,25)(H,23,24)/b14-9-. The van der Waals surface area contributed by atoms with Gasteiger partial charge in [0.1, 0.15) is 11.9 Å². The molecule has 136 valence electrons. The third kappa shape index (κ3) is 4.25. The minimum atomic E-state index is -0.571. The molecule has 3 aromatic rings. The van der Waals surface area contributed by atoms with Crippen molar-refractivity contribution >= 4 is 28.6 Å². The van der Waals surface area contributed by atoms with Crippen molar-refractivity contribution in [1.82, 2.24) is 9.97 Å². The number of imidazole rings is 1. The first kappa shape index (κ1) is 18.0. The van der Waals surface area contributed by atoms with Crippen LogP contribution in [0.5, 0.6) is 11.5 Å². The molecule has 7 nitrogen and oxygen atoms in total. The molecule has 0 radical (unpaired) electrons. The number of aromatic amines is 1. The summed E-state index contributed by atoms with van der Waals surface area (Å²) in [5.74, 6) is 0.799. The van der Waals surface area contributed by atoms with Crippen molar-refractivity contribution in [2.75, 3.05) is 13.2 Å². The molecule has 0 saturated heterocycles. The highest BCUT2D eigenvalue weighted by atomic mass is 16.5. The van der Waals surface area contributed by atoms with E-state index in [0.29, 0.717) is 29.5 Å². The molecule has 0 fully saturated rings. The predicted octanol–water partition coefficient (Wildman–Crippen LogP) is 2.89. The number of hydrogen-bond acceptors (Lipinski definition) is 5. The maximum atomic E-state index is 10.9. The number of primary amides is 1. The lowest BCUT2D eigenvalue weighted by molar-refractivity contribution is -0.119. The van der Waals surface area contributed by atoms with Gasteiger partial charge in [-0.3, -0.25) is 4.79 Å². The fraction of sp³-hybridized carbons (Fsp3) is 0.150. The van der Waals surface area contributed by atoms with Crippen LogP contribution in [0.2, 0.25) is 0 Å². The van der Waals surface area contributed by atoms with Gasteiger partial charge in [-0.05, 0) is 42.8 Å². The lowest BCUT2D eigenvalue weighted by Gasteiger charge is -2.11. The lowest BCUT2D eigenvalue weighted by Crippen LogP contribution is -2.20. The summed E-state index contributed by atoms with van der Waals surface area (Å²) in [7, 11) is 0. The molecule has 0 aliphatic carbocycles. The molecular formula is C20H18N4O3. The van der Waals surface area contributed by atoms with Gasteiger partial charge in [0, 0.05) is 0 Å². The number of fused-ring (bicyclic) bond motifs is 1. The summed E-state index contributed by atoms with van der Waals surface area (Å²) in [6, 6.07) is 14.9. The zero-order chi connectivity index (χ0) is 19.2. The maximum Gasteiger partial charge on any atom is 0.255 e. The SMILES string of the molecule is CCOc1cc(/C=C(/C#N)c2nc3ccccc3[nH]2)ccc1OCC(N)=O. The molecular weight excluding hydrogens is 344 g/mol. The number of aromatic nitrogens is 2. The number of amides is 1. The maximum absolute atomic E-state index is 10.9. The molecule has 0 unspecified atom stereocenters. The van der Waals surface area contributed by atoms with Gasteiger partial charge in [-0.15, -0.1) is 0 Å². The topological polar surface area (TPSA) is 114 Å². The highest BCUT2D eigenvalue weighted by Gasteiger charge is 2.10. The van der Waals surface area contributed by atoms with E-state index in [1.54, 1.807) is 24.3 Å². The van der Waals surface area contributed by atoms with E-state index in [1.165, 1.54) is 0 Å². The molecule has 1 aromatic heterocycles. The Labute approximate surface area is 156 Å². The van der Waals surface area contributed by atoms with Crippen LogP contribution in [0.4, 0.5) is 0 Å². The summed E-state index contributed by atoms with van der Waals surface area (Å²) in [6.45, 7) is 2.03. The largest absolute Gasteiger partial charge is 0.490 e. The number of benzene rings is 2. The number of nitrogens with zero attached hydrogens (tertiary/aromatic N) is 2. The Balaban J connectivity index is 1.94. The minimum absolute atomic E-state index is 0.238. The Morgan fingerprint density at radius 3 is 2.78 bits per heavy atom. The number of nitrogens with one attached hydrogen (secondary N) is 1. The van der Waals surface area contributed by atoms with Crippen LogP contribution < -0.4 is 15.2 Å². The van der Waals surface area contributed by atoms with Crippen LogP contribution in [0.15, 0.2) is 42.5 Å². The van der Waals surface area contributed by atoms with Gasteiger partial charge in [0.05, 0.1) is 23.2 Å². The molecule has 1 amide bonds. The van der Waals surface area contributed by atoms with E-state index in [-0.39, 0.29) is 6.61 Å². The Kier molecular flexibility index (Phi) is 5.38. The predicted molar refractivity (Wildman–Crippen MR) is 102 cm³/mol. The van der Waals surface area contributed by atoms with Crippen molar-refractivity contribution in [1.29, 1.82) is 5.26 Å². The fourth-order valence-corrected chi connectivity index (χ4v) is 2.55. The average Bonchev–Trinajstić information content (AvgIpc) is 3.09. The second-order valence-corrected chi connectivity index (χ2v) is 5.67. The first-order chi connectivity index (χ1) is 13.1. The van der Waals surface area contributed by atoms with Gasteiger partial charge in [0.15, 0.2) is 18.1 Å². The minimum Gasteiger partial charge on any atom is -0.490 e. The van der Waals surface area contributed by atoms with E-state index in [9.17, 15) is 10.1 Å². The van der Waals surface area contributed by atoms with Gasteiger partial charge in [-0.25, -0.2) is 4.98 Å². The van der Waals surface area contributed by atoms with Crippen LogP contribution in [-0.2, 0) is 4.79 Å². The number of hydrogen-bond donors (Lipinski definition) is 2. The zero-order valence-corrected chi connectivity index (χ0v) is 14.7. The summed E-state index contributed by atoms with van der Waals surface area (Å²) in [5.41, 5.74) is 7.89. The number of nitriles is 1. The van der Waals surface area contributed by atoms with Crippen LogP contribution in [0.1, 0.15) is 18.3 Å². The Hall–Kier alpha value is -3.79. The van der Waals surface area contributed by atoms with Gasteiger partial charge in [-0.2, -0.15) is 5.26 Å². The van der Waals surface area contributed by atoms with E-state index in [1.807, 2.05) is 31.2 Å². The Morgan fingerprint density at radius 2 is 2.07 bits per heavy atom. The first-order valence-corrected chi connectivity index (χ1v) is 8.35. The van der Waals surface area contributed by atoms with Crippen molar-refractivity contribution in [2.24, 2.45) is 5.73 Å². The van der Waals surface area contributed by atoms with E-state index < -0.39 is 5.91 Å². The number of carbonyl (C=O) groups is 1. The smallest absolute Gasteiger partial charge is 0.255 e. The molecule has 7 heteroatoms. The molecule has 3 rings (SSSR count). The number of nitrogens with two attached hydrogens (primary N) is 1. The highest BCUT2D eigenvalue weighted by molar-refractivity contribution is 5.90. The monoisotopic (exact) mass is 362 g/mol. The first-order valence-electron chi connectivity index (χ1n) is 8.35. The second-order valence-electron chi connectivity index (χ2n) is 5.67. The third-order valence-electron chi connectivity index (χ3n) is 3.71. The molecule has 0 bridgehead atoms. The Bertz CT molecular complexity index is 1010. The van der Waals surface area contributed by atoms with E-state index in [2.05, 4.69) is 16.0 Å². The summed E-state index contributed by atoms with van der Waals surface area (Å²) >= 11 is 0. The fourth-order valence-electron chi connectivity index (χ4n) is 2.55. The molecule has 2 aromatic carbocycles. The summed E-state index contributed by atoms with van der Waals surface area (Å²) in [5, 5.41) is 9.55. The number of carbonyl (C=O) groups excluding carboxylic acids is 1. The van der Waals surface area contributed by atoms with Crippen molar-refractivity contribution in [3.8, 4) is 17.6 Å². The van der Waals surface area contributed by atoms with Crippen molar-refractivity contribution in [3.05, 3.63) is 53.9 Å². The number of rotatable bonds is 7. The van der Waals surface area contributed by atoms with Gasteiger partial charge in [0.2, 0.25) is 0 Å². The normalized spacial score (nSPS) is 11.2. The van der Waals surface area contributed by atoms with Crippen molar-refractivity contribution < 1.29 is 14.3 Å². The van der Waals surface area contributed by atoms with Gasteiger partial charge in [0.25, 0.3) is 5.91 Å². The van der Waals surface area contributed by atoms with Gasteiger partial charge < -0.3 is 20.2 Å². The quantitative estimate of drug-likeness (QED) is 0.627. The number of para-hydroxylation sites is 2. The summed E-state index contributed by atoms with van der Waals surface area (Å²) in [6.07, 6.45) is 1.71. The zero-order valence-electron chi connectivity index (χ0n) is 14.7. The lowest BCUT2D eigenvalue weighted by atomic mass is 10.1. The molecule has 0 aliphatic heterocycles. The molecule has 0 spiro atoms. The molecule has 27 heavy (non-hydrogen) atoms. The van der Waals surface area contributed by atoms with Crippen LogP contribution in [0.3, 0.4) is 0 Å². The average molecular weight is 362 g/mol. The van der Waals surface area contributed by atoms with Crippen LogP contribution >= 0.6 is 0 Å². The number of H-pyrrole nitrogens is 1. The molecule has 0 atom stereocenters. The Morgan fingerprint density at radius 1 is 1.26 bits per heavy atom. The molecule has 0 saturated carbocycles. The second kappa shape index (κ2) is 8.06. The summed E-state index contributed by atoms with van der Waals surface area (Å²) < 4.78 is 10.9. The van der Waals surface area contributed by atoms with Gasteiger partial charge in [-0.1, -0.05) is 18.2 Å². The number of ether oxygens (including phenoxy) is 2. The van der Waals surface area contributed by atoms with E-state index >= 15 is 0 Å². The highest BCUT2D eigenvalue weighted by Crippen LogP contribution is 2.30. The van der Waals surface area contributed by atoms with Crippen molar-refractivity contribution in [2.45, 2.75) is 6.92 Å². The molecule has 3 N–H and O–H groups in total. The van der Waals surface area contributed by atoms with Crippen molar-refractivity contribution in [3.63, 3.8) is 0 Å². The molecule has 0 aliphatic rings. The number of allylic oxidation sites excluding steroid dienone is 1. The summed E-state index contributed by atoms with van der Waals surface area (Å²) in [4.78, 5) is 18.5. The third-order valence-corrected chi connectivity index (χ3v) is 3.71.